The third kappa shape index (κ3) is 6.94. The van der Waals surface area contributed by atoms with Gasteiger partial charge in [0.1, 0.15) is 0 Å². The van der Waals surface area contributed by atoms with Crippen LogP contribution in [0.2, 0.25) is 0 Å². The van der Waals surface area contributed by atoms with Crippen molar-refractivity contribution >= 4 is 11.8 Å². The predicted octanol–water partition coefficient (Wildman–Crippen LogP) is 0.343. The molecule has 5 heteroatoms. The first kappa shape index (κ1) is 15.9. The Bertz CT molecular complexity index is 264. The minimum atomic E-state index is -0.521. The highest BCUT2D eigenvalue weighted by atomic mass is 16.2. The van der Waals surface area contributed by atoms with Gasteiger partial charge in [-0.15, -0.1) is 0 Å². The van der Waals surface area contributed by atoms with E-state index in [1.165, 1.54) is 4.90 Å². The van der Waals surface area contributed by atoms with Crippen molar-refractivity contribution in [2.24, 2.45) is 11.7 Å². The second kappa shape index (κ2) is 7.27. The number of hydrogen-bond acceptors (Lipinski definition) is 3. The van der Waals surface area contributed by atoms with Gasteiger partial charge in [-0.2, -0.15) is 0 Å². The molecule has 0 rings (SSSR count). The molecule has 0 radical (unpaired) electrons. The van der Waals surface area contributed by atoms with Crippen molar-refractivity contribution in [2.75, 3.05) is 13.6 Å². The first-order valence-electron chi connectivity index (χ1n) is 6.04. The van der Waals surface area contributed by atoms with Crippen molar-refractivity contribution in [1.29, 1.82) is 0 Å². The summed E-state index contributed by atoms with van der Waals surface area (Å²) in [5, 5.41) is 2.73. The average molecular weight is 243 g/mol. The Morgan fingerprint density at radius 3 is 2.18 bits per heavy atom. The molecule has 0 aliphatic heterocycles. The lowest BCUT2D eigenvalue weighted by Crippen LogP contribution is -2.47. The van der Waals surface area contributed by atoms with Gasteiger partial charge < -0.3 is 16.0 Å². The summed E-state index contributed by atoms with van der Waals surface area (Å²) in [7, 11) is 1.60. The van der Waals surface area contributed by atoms with Crippen LogP contribution in [0.3, 0.4) is 0 Å². The van der Waals surface area contributed by atoms with E-state index in [9.17, 15) is 9.59 Å². The van der Waals surface area contributed by atoms with E-state index in [0.717, 1.165) is 0 Å². The first-order chi connectivity index (χ1) is 7.73. The maximum atomic E-state index is 11.8. The maximum Gasteiger partial charge on any atom is 0.239 e. The molecule has 3 N–H and O–H groups in total. The van der Waals surface area contributed by atoms with Gasteiger partial charge >= 0.3 is 0 Å². The molecular weight excluding hydrogens is 218 g/mol. The summed E-state index contributed by atoms with van der Waals surface area (Å²) >= 11 is 0. The summed E-state index contributed by atoms with van der Waals surface area (Å²) in [5.41, 5.74) is 5.77. The van der Waals surface area contributed by atoms with Crippen molar-refractivity contribution in [1.82, 2.24) is 10.2 Å². The smallest absolute Gasteiger partial charge is 0.239 e. The number of likely N-dealkylation sites (N-methyl/N-ethyl adjacent to an activating group) is 1. The van der Waals surface area contributed by atoms with Crippen molar-refractivity contribution < 1.29 is 9.59 Å². The summed E-state index contributed by atoms with van der Waals surface area (Å²) in [4.78, 5) is 24.7. The van der Waals surface area contributed by atoms with Gasteiger partial charge in [0.05, 0.1) is 12.6 Å². The molecule has 0 aromatic rings. The Morgan fingerprint density at radius 2 is 1.76 bits per heavy atom. The summed E-state index contributed by atoms with van der Waals surface area (Å²) in [6, 6.07) is -0.442. The highest BCUT2D eigenvalue weighted by Crippen LogP contribution is 2.04. The van der Waals surface area contributed by atoms with Crippen LogP contribution in [0, 0.1) is 5.92 Å². The molecule has 0 aromatic carbocycles. The molecule has 5 nitrogen and oxygen atoms in total. The van der Waals surface area contributed by atoms with Crippen molar-refractivity contribution in [3.63, 3.8) is 0 Å². The molecule has 0 aliphatic carbocycles. The van der Waals surface area contributed by atoms with E-state index in [1.54, 1.807) is 7.05 Å². The molecule has 0 aliphatic rings. The molecule has 0 saturated heterocycles. The summed E-state index contributed by atoms with van der Waals surface area (Å²) in [5.74, 6) is 0.0250. The van der Waals surface area contributed by atoms with Gasteiger partial charge in [-0.3, -0.25) is 9.59 Å². The van der Waals surface area contributed by atoms with Gasteiger partial charge in [0, 0.05) is 13.1 Å². The van der Waals surface area contributed by atoms with Gasteiger partial charge in [0.25, 0.3) is 0 Å². The lowest BCUT2D eigenvalue weighted by Gasteiger charge is -2.22. The molecule has 2 amide bonds. The van der Waals surface area contributed by atoms with Crippen molar-refractivity contribution in [3.8, 4) is 0 Å². The Kier molecular flexibility index (Phi) is 6.80. The van der Waals surface area contributed by atoms with E-state index in [-0.39, 0.29) is 24.4 Å². The van der Waals surface area contributed by atoms with Crippen LogP contribution in [-0.2, 0) is 9.59 Å². The Labute approximate surface area is 104 Å². The number of nitrogens with two attached hydrogens (primary N) is 1. The Balaban J connectivity index is 4.17. The molecule has 0 spiro atoms. The van der Waals surface area contributed by atoms with Crippen LogP contribution < -0.4 is 11.1 Å². The van der Waals surface area contributed by atoms with Crippen molar-refractivity contribution in [2.45, 2.75) is 46.2 Å². The highest BCUT2D eigenvalue weighted by molar-refractivity contribution is 5.87. The molecule has 100 valence electrons. The van der Waals surface area contributed by atoms with E-state index in [0.29, 0.717) is 12.3 Å². The second-order valence-electron chi connectivity index (χ2n) is 5.15. The molecule has 0 heterocycles. The zero-order valence-corrected chi connectivity index (χ0v) is 11.5. The molecule has 1 atom stereocenters. The van der Waals surface area contributed by atoms with Crippen LogP contribution >= 0.6 is 0 Å². The lowest BCUT2D eigenvalue weighted by molar-refractivity contribution is -0.136. The maximum absolute atomic E-state index is 11.8. The number of carbonyl (C=O) groups is 2. The molecule has 0 fully saturated rings. The fourth-order valence-electron chi connectivity index (χ4n) is 1.55. The van der Waals surface area contributed by atoms with E-state index in [2.05, 4.69) is 5.32 Å². The van der Waals surface area contributed by atoms with Gasteiger partial charge in [0.15, 0.2) is 0 Å². The van der Waals surface area contributed by atoms with Crippen LogP contribution in [0.1, 0.15) is 34.1 Å². The highest BCUT2D eigenvalue weighted by Gasteiger charge is 2.20. The van der Waals surface area contributed by atoms with E-state index < -0.39 is 6.04 Å². The normalized spacial score (nSPS) is 12.7. The quantitative estimate of drug-likeness (QED) is 0.706. The Hall–Kier alpha value is -1.10. The molecule has 0 aromatic heterocycles. The third-order valence-corrected chi connectivity index (χ3v) is 2.25. The van der Waals surface area contributed by atoms with E-state index >= 15 is 0 Å². The average Bonchev–Trinajstić information content (AvgIpc) is 2.13. The fourth-order valence-corrected chi connectivity index (χ4v) is 1.55. The van der Waals surface area contributed by atoms with Gasteiger partial charge in [-0.05, 0) is 26.2 Å². The van der Waals surface area contributed by atoms with Crippen LogP contribution in [0.4, 0.5) is 0 Å². The van der Waals surface area contributed by atoms with Gasteiger partial charge in [-0.25, -0.2) is 0 Å². The summed E-state index contributed by atoms with van der Waals surface area (Å²) in [6.07, 6.45) is 0.634. The number of hydrogen-bond donors (Lipinski definition) is 2. The van der Waals surface area contributed by atoms with Gasteiger partial charge in [0.2, 0.25) is 11.8 Å². The fraction of sp³-hybridized carbons (Fsp3) is 0.833. The summed E-state index contributed by atoms with van der Waals surface area (Å²) in [6.45, 7) is 7.84. The zero-order valence-electron chi connectivity index (χ0n) is 11.5. The summed E-state index contributed by atoms with van der Waals surface area (Å²) < 4.78 is 0. The first-order valence-corrected chi connectivity index (χ1v) is 6.04. The van der Waals surface area contributed by atoms with Crippen LogP contribution in [-0.4, -0.2) is 42.4 Å². The standard InChI is InChI=1S/C12H25N3O2/c1-8(2)6-10(13)12(17)15(5)7-11(16)14-9(3)4/h8-10H,6-7,13H2,1-5H3,(H,14,16). The number of nitrogens with zero attached hydrogens (tertiary/aromatic N) is 1. The number of rotatable bonds is 6. The number of nitrogens with one attached hydrogen (secondary N) is 1. The molecule has 0 bridgehead atoms. The monoisotopic (exact) mass is 243 g/mol. The molecule has 17 heavy (non-hydrogen) atoms. The second-order valence-corrected chi connectivity index (χ2v) is 5.15. The van der Waals surface area contributed by atoms with Crippen LogP contribution in [0.25, 0.3) is 0 Å². The zero-order chi connectivity index (χ0) is 13.6. The number of carbonyl (C=O) groups excluding carboxylic acids is 2. The van der Waals surface area contributed by atoms with Crippen LogP contribution in [0.15, 0.2) is 0 Å². The minimum Gasteiger partial charge on any atom is -0.352 e. The third-order valence-electron chi connectivity index (χ3n) is 2.25. The Morgan fingerprint density at radius 1 is 1.24 bits per heavy atom. The van der Waals surface area contributed by atoms with Crippen LogP contribution in [0.5, 0.6) is 0 Å². The molecule has 0 saturated carbocycles. The molecular formula is C12H25N3O2. The van der Waals surface area contributed by atoms with Crippen molar-refractivity contribution in [3.05, 3.63) is 0 Å². The van der Waals surface area contributed by atoms with E-state index in [1.807, 2.05) is 27.7 Å². The topological polar surface area (TPSA) is 75.4 Å². The minimum absolute atomic E-state index is 0.0583. The predicted molar refractivity (Wildman–Crippen MR) is 68.3 cm³/mol. The largest absolute Gasteiger partial charge is 0.352 e. The van der Waals surface area contributed by atoms with E-state index in [4.69, 9.17) is 5.73 Å². The lowest BCUT2D eigenvalue weighted by atomic mass is 10.0. The molecule has 1 unspecified atom stereocenters. The SMILES string of the molecule is CC(C)CC(N)C(=O)N(C)CC(=O)NC(C)C. The number of amides is 2. The van der Waals surface area contributed by atoms with Gasteiger partial charge in [-0.1, -0.05) is 13.8 Å².